The number of carbonyl (C=O) groups excluding carboxylic acids is 1. The highest BCUT2D eigenvalue weighted by atomic mass is 32.2. The van der Waals surface area contributed by atoms with Crippen molar-refractivity contribution >= 4 is 34.4 Å². The van der Waals surface area contributed by atoms with E-state index in [0.717, 1.165) is 52.6 Å². The van der Waals surface area contributed by atoms with E-state index in [4.69, 9.17) is 4.98 Å². The Morgan fingerprint density at radius 1 is 1.03 bits per heavy atom. The lowest BCUT2D eigenvalue weighted by molar-refractivity contribution is -0.113. The predicted octanol–water partition coefficient (Wildman–Crippen LogP) is 3.73. The lowest BCUT2D eigenvalue weighted by atomic mass is 9.89. The van der Waals surface area contributed by atoms with Crippen LogP contribution >= 0.6 is 11.8 Å². The van der Waals surface area contributed by atoms with Crippen LogP contribution in [0, 0.1) is 20.8 Å². The normalized spacial score (nSPS) is 14.5. The Morgan fingerprint density at radius 3 is 2.32 bits per heavy atom. The average Bonchev–Trinajstić information content (AvgIpc) is 2.82. The molecule has 1 N–H and O–H groups in total. The van der Waals surface area contributed by atoms with Gasteiger partial charge in [0.15, 0.2) is 5.65 Å². The first kappa shape index (κ1) is 24.2. The van der Waals surface area contributed by atoms with Gasteiger partial charge in [-0.15, -0.1) is 0 Å². The molecule has 34 heavy (non-hydrogen) atoms. The fourth-order valence-electron chi connectivity index (χ4n) is 4.78. The van der Waals surface area contributed by atoms with Gasteiger partial charge in [-0.25, -0.2) is 14.8 Å². The molecule has 1 amide bonds. The largest absolute Gasteiger partial charge is 0.332 e. The van der Waals surface area contributed by atoms with Gasteiger partial charge in [0.25, 0.3) is 5.56 Å². The molecule has 1 aliphatic rings. The third-order valence-electron chi connectivity index (χ3n) is 6.54. The summed E-state index contributed by atoms with van der Waals surface area (Å²) in [5.74, 6) is 0.772. The van der Waals surface area contributed by atoms with Gasteiger partial charge in [-0.1, -0.05) is 48.7 Å². The Morgan fingerprint density at radius 2 is 1.68 bits per heavy atom. The van der Waals surface area contributed by atoms with Crippen molar-refractivity contribution in [3.8, 4) is 0 Å². The van der Waals surface area contributed by atoms with Crippen LogP contribution in [0.5, 0.6) is 0 Å². The number of benzene rings is 1. The van der Waals surface area contributed by atoms with Gasteiger partial charge in [-0.2, -0.15) is 0 Å². The third kappa shape index (κ3) is 4.66. The number of hydrogen-bond acceptors (Lipinski definition) is 6. The highest BCUT2D eigenvalue weighted by Gasteiger charge is 2.24. The number of aromatic nitrogens is 4. The van der Waals surface area contributed by atoms with E-state index in [2.05, 4.69) is 10.3 Å². The summed E-state index contributed by atoms with van der Waals surface area (Å²) in [7, 11) is 3.06. The predicted molar refractivity (Wildman–Crippen MR) is 136 cm³/mol. The van der Waals surface area contributed by atoms with Crippen molar-refractivity contribution in [2.45, 2.75) is 63.8 Å². The summed E-state index contributed by atoms with van der Waals surface area (Å²) >= 11 is 1.22. The zero-order chi connectivity index (χ0) is 24.6. The SMILES string of the molecule is Cc1cc(C)c(NC(=O)CSc2nc(C3CCCCC3)nc3c2c(=O)n(C)c(=O)n3C)c(C)c1. The fourth-order valence-corrected chi connectivity index (χ4v) is 5.60. The van der Waals surface area contributed by atoms with Crippen molar-refractivity contribution in [1.82, 2.24) is 19.1 Å². The van der Waals surface area contributed by atoms with E-state index in [1.54, 1.807) is 7.05 Å². The molecule has 0 unspecified atom stereocenters. The zero-order valence-electron chi connectivity index (χ0n) is 20.4. The number of thioether (sulfide) groups is 1. The van der Waals surface area contributed by atoms with Gasteiger partial charge in [0.2, 0.25) is 5.91 Å². The Kier molecular flexibility index (Phi) is 6.93. The molecule has 2 heterocycles. The molecule has 0 radical (unpaired) electrons. The van der Waals surface area contributed by atoms with E-state index in [-0.39, 0.29) is 23.0 Å². The summed E-state index contributed by atoms with van der Waals surface area (Å²) in [4.78, 5) is 47.9. The van der Waals surface area contributed by atoms with E-state index < -0.39 is 11.2 Å². The first-order chi connectivity index (χ1) is 16.2. The summed E-state index contributed by atoms with van der Waals surface area (Å²) < 4.78 is 2.46. The Balaban J connectivity index is 1.70. The molecule has 0 atom stereocenters. The monoisotopic (exact) mass is 481 g/mol. The number of aryl methyl sites for hydroxylation is 4. The number of hydrogen-bond donors (Lipinski definition) is 1. The molecule has 2 aromatic heterocycles. The smallest absolute Gasteiger partial charge is 0.325 e. The highest BCUT2D eigenvalue weighted by molar-refractivity contribution is 8.00. The third-order valence-corrected chi connectivity index (χ3v) is 7.51. The molecule has 3 aromatic rings. The van der Waals surface area contributed by atoms with Crippen LogP contribution in [0.15, 0.2) is 26.7 Å². The molecule has 0 saturated heterocycles. The summed E-state index contributed by atoms with van der Waals surface area (Å²) in [5, 5.41) is 3.74. The van der Waals surface area contributed by atoms with Gasteiger partial charge in [0.1, 0.15) is 16.2 Å². The maximum atomic E-state index is 13.0. The van der Waals surface area contributed by atoms with Gasteiger partial charge in [-0.05, 0) is 44.7 Å². The number of rotatable bonds is 5. The highest BCUT2D eigenvalue weighted by Crippen LogP contribution is 2.33. The Bertz CT molecular complexity index is 1360. The number of carbonyl (C=O) groups is 1. The molecule has 0 bridgehead atoms. The van der Waals surface area contributed by atoms with Gasteiger partial charge in [0.05, 0.1) is 5.75 Å². The van der Waals surface area contributed by atoms with Crippen LogP contribution in [0.2, 0.25) is 0 Å². The van der Waals surface area contributed by atoms with Crippen LogP contribution in [-0.4, -0.2) is 30.8 Å². The number of nitrogens with one attached hydrogen (secondary N) is 1. The van der Waals surface area contributed by atoms with Gasteiger partial charge in [0, 0.05) is 25.7 Å². The molecule has 1 aliphatic carbocycles. The van der Waals surface area contributed by atoms with E-state index >= 15 is 0 Å². The first-order valence-corrected chi connectivity index (χ1v) is 12.6. The van der Waals surface area contributed by atoms with E-state index in [1.165, 1.54) is 29.8 Å². The average molecular weight is 482 g/mol. The minimum absolute atomic E-state index is 0.0922. The summed E-state index contributed by atoms with van der Waals surface area (Å²) in [5.41, 5.74) is 3.43. The van der Waals surface area contributed by atoms with E-state index in [9.17, 15) is 14.4 Å². The minimum Gasteiger partial charge on any atom is -0.325 e. The van der Waals surface area contributed by atoms with Crippen molar-refractivity contribution in [2.75, 3.05) is 11.1 Å². The number of nitrogens with zero attached hydrogens (tertiary/aromatic N) is 4. The lowest BCUT2D eigenvalue weighted by Crippen LogP contribution is -2.38. The van der Waals surface area contributed by atoms with Gasteiger partial charge < -0.3 is 5.32 Å². The molecule has 1 saturated carbocycles. The fraction of sp³-hybridized carbons (Fsp3) is 0.480. The van der Waals surface area contributed by atoms with Crippen LogP contribution in [0.3, 0.4) is 0 Å². The van der Waals surface area contributed by atoms with Crippen molar-refractivity contribution in [1.29, 1.82) is 0 Å². The number of fused-ring (bicyclic) bond motifs is 1. The Hall–Kier alpha value is -2.94. The zero-order valence-corrected chi connectivity index (χ0v) is 21.2. The van der Waals surface area contributed by atoms with Crippen LogP contribution in [0.1, 0.15) is 60.5 Å². The maximum absolute atomic E-state index is 13.0. The second-order valence-corrected chi connectivity index (χ2v) is 10.2. The van der Waals surface area contributed by atoms with Crippen LogP contribution < -0.4 is 16.6 Å². The van der Waals surface area contributed by atoms with Crippen molar-refractivity contribution in [3.63, 3.8) is 0 Å². The lowest BCUT2D eigenvalue weighted by Gasteiger charge is -2.21. The summed E-state index contributed by atoms with van der Waals surface area (Å²) in [6, 6.07) is 4.07. The van der Waals surface area contributed by atoms with Gasteiger partial charge in [-0.3, -0.25) is 18.7 Å². The topological polar surface area (TPSA) is 98.9 Å². The molecule has 0 spiro atoms. The molecule has 180 valence electrons. The summed E-state index contributed by atoms with van der Waals surface area (Å²) in [6.45, 7) is 5.97. The van der Waals surface area contributed by atoms with Crippen molar-refractivity contribution < 1.29 is 4.79 Å². The Labute approximate surface area is 202 Å². The van der Waals surface area contributed by atoms with Crippen LogP contribution in [0.4, 0.5) is 5.69 Å². The standard InChI is InChI=1S/C25H31N5O3S/c1-14-11-15(2)20(16(3)12-14)26-18(31)13-34-23-19-22(29(4)25(33)30(5)24(19)32)27-21(28-23)17-9-7-6-8-10-17/h11-12,17H,6-10,13H2,1-5H3,(H,26,31). The van der Waals surface area contributed by atoms with Gasteiger partial charge >= 0.3 is 5.69 Å². The molecule has 4 rings (SSSR count). The molecular formula is C25H31N5O3S. The second-order valence-electron chi connectivity index (χ2n) is 9.24. The molecule has 0 aliphatic heterocycles. The first-order valence-electron chi connectivity index (χ1n) is 11.7. The molecular weight excluding hydrogens is 450 g/mol. The van der Waals surface area contributed by atoms with E-state index in [1.807, 2.05) is 32.9 Å². The molecule has 9 heteroatoms. The van der Waals surface area contributed by atoms with Crippen LogP contribution in [-0.2, 0) is 18.9 Å². The summed E-state index contributed by atoms with van der Waals surface area (Å²) in [6.07, 6.45) is 5.40. The minimum atomic E-state index is -0.443. The molecule has 1 aromatic carbocycles. The van der Waals surface area contributed by atoms with Crippen LogP contribution in [0.25, 0.3) is 11.0 Å². The molecule has 8 nitrogen and oxygen atoms in total. The number of anilines is 1. The van der Waals surface area contributed by atoms with Crippen molar-refractivity contribution in [3.05, 3.63) is 55.5 Å². The van der Waals surface area contributed by atoms with E-state index in [0.29, 0.717) is 16.5 Å². The maximum Gasteiger partial charge on any atom is 0.332 e. The molecule has 1 fully saturated rings. The second kappa shape index (κ2) is 9.74. The quantitative estimate of drug-likeness (QED) is 0.440. The number of amides is 1. The van der Waals surface area contributed by atoms with Crippen molar-refractivity contribution in [2.24, 2.45) is 14.1 Å².